The Morgan fingerprint density at radius 2 is 1.89 bits per heavy atom. The molecular weight excluding hydrogens is 610 g/mol. The number of benzene rings is 3. The molecule has 3 aromatic carbocycles. The first kappa shape index (κ1) is 30.6. The number of amides is 1. The van der Waals surface area contributed by atoms with E-state index in [1.165, 1.54) is 45.8 Å². The lowest BCUT2D eigenvalue weighted by molar-refractivity contribution is -0.178. The smallest absolute Gasteiger partial charge is 0.284 e. The summed E-state index contributed by atoms with van der Waals surface area (Å²) in [5.41, 5.74) is 0.824. The number of nitrogens with zero attached hydrogens (tertiary/aromatic N) is 3. The molecule has 2 atom stereocenters. The van der Waals surface area contributed by atoms with E-state index in [2.05, 4.69) is 10.3 Å². The summed E-state index contributed by atoms with van der Waals surface area (Å²) in [6, 6.07) is 16.4. The second-order valence-corrected chi connectivity index (χ2v) is 11.8. The largest absolute Gasteiger partial charge is 0.493 e. The van der Waals surface area contributed by atoms with Crippen LogP contribution < -0.4 is 20.3 Å². The zero-order valence-electron chi connectivity index (χ0n) is 25.8. The van der Waals surface area contributed by atoms with Gasteiger partial charge in [-0.3, -0.25) is 19.3 Å². The molecular formula is C35H32F2N4O6. The van der Waals surface area contributed by atoms with Crippen molar-refractivity contribution in [1.82, 2.24) is 14.3 Å². The second kappa shape index (κ2) is 12.3. The van der Waals surface area contributed by atoms with Crippen LogP contribution in [0.4, 0.5) is 14.5 Å². The summed E-state index contributed by atoms with van der Waals surface area (Å²) in [6.45, 7) is 3.44. The van der Waals surface area contributed by atoms with Crippen LogP contribution in [0.25, 0.3) is 16.6 Å². The molecule has 47 heavy (non-hydrogen) atoms. The minimum atomic E-state index is -0.719. The first-order valence-electron chi connectivity index (χ1n) is 15.3. The third-order valence-electron chi connectivity index (χ3n) is 8.67. The number of fused-ring (bicyclic) bond motifs is 1. The number of hydrogen-bond acceptors (Lipinski definition) is 7. The Labute approximate surface area is 268 Å². The second-order valence-electron chi connectivity index (χ2n) is 11.8. The van der Waals surface area contributed by atoms with Crippen molar-refractivity contribution in [2.45, 2.75) is 32.0 Å². The molecule has 7 rings (SSSR count). The van der Waals surface area contributed by atoms with Gasteiger partial charge in [-0.25, -0.2) is 13.5 Å². The van der Waals surface area contributed by atoms with Crippen LogP contribution in [0.5, 0.6) is 17.2 Å². The molecule has 242 valence electrons. The van der Waals surface area contributed by atoms with Gasteiger partial charge < -0.3 is 24.3 Å². The van der Waals surface area contributed by atoms with E-state index in [0.29, 0.717) is 47.0 Å². The minimum absolute atomic E-state index is 0.0605. The fourth-order valence-corrected chi connectivity index (χ4v) is 6.19. The van der Waals surface area contributed by atoms with E-state index >= 15 is 4.39 Å². The quantitative estimate of drug-likeness (QED) is 0.213. The molecule has 4 heterocycles. The lowest BCUT2D eigenvalue weighted by atomic mass is 10.0. The van der Waals surface area contributed by atoms with Crippen LogP contribution in [0.15, 0.2) is 77.7 Å². The van der Waals surface area contributed by atoms with Crippen LogP contribution in [0.3, 0.4) is 0 Å². The first-order chi connectivity index (χ1) is 22.7. The van der Waals surface area contributed by atoms with E-state index < -0.39 is 28.9 Å². The van der Waals surface area contributed by atoms with E-state index in [1.807, 2.05) is 18.2 Å². The fourth-order valence-electron chi connectivity index (χ4n) is 6.19. The predicted molar refractivity (Wildman–Crippen MR) is 169 cm³/mol. The molecule has 2 aliphatic heterocycles. The van der Waals surface area contributed by atoms with E-state index in [0.717, 1.165) is 31.9 Å². The summed E-state index contributed by atoms with van der Waals surface area (Å²) in [4.78, 5) is 30.8. The van der Waals surface area contributed by atoms with Gasteiger partial charge in [0.15, 0.2) is 17.4 Å². The summed E-state index contributed by atoms with van der Waals surface area (Å²) in [5, 5.41) is 3.26. The standard InChI is InChI=1S/C35H32F2N4O6/c1-21-32(34(43)41(40(21)2)25-7-4-23(36)5-8-25)33(42)39-24-6-11-31(28(37)16-24)47-30-12-14-38-29-17-26(9-10-27(29)30)44-19-22-18-35(46-20-22)13-3-15-45-35/h4-12,14,16-17,22H,3,13,15,18-20H2,1-2H3,(H,39,42). The molecule has 2 unspecified atom stereocenters. The highest BCUT2D eigenvalue weighted by Gasteiger charge is 2.44. The zero-order chi connectivity index (χ0) is 32.7. The normalized spacial score (nSPS) is 19.0. The fraction of sp³-hybridized carbons (Fsp3) is 0.286. The van der Waals surface area contributed by atoms with Crippen LogP contribution in [0.2, 0.25) is 0 Å². The van der Waals surface area contributed by atoms with Gasteiger partial charge in [0.1, 0.15) is 22.9 Å². The molecule has 12 heteroatoms. The monoisotopic (exact) mass is 642 g/mol. The van der Waals surface area contributed by atoms with Gasteiger partial charge in [-0.15, -0.1) is 0 Å². The molecule has 0 radical (unpaired) electrons. The number of hydrogen-bond donors (Lipinski definition) is 1. The van der Waals surface area contributed by atoms with Gasteiger partial charge in [0.2, 0.25) is 0 Å². The Morgan fingerprint density at radius 3 is 2.66 bits per heavy atom. The lowest BCUT2D eigenvalue weighted by Crippen LogP contribution is -2.26. The Balaban J connectivity index is 1.03. The molecule has 0 aliphatic carbocycles. The molecule has 5 aromatic rings. The molecule has 2 aromatic heterocycles. The van der Waals surface area contributed by atoms with Gasteiger partial charge >= 0.3 is 0 Å². The van der Waals surface area contributed by atoms with Crippen LogP contribution in [0, 0.1) is 24.5 Å². The Bertz CT molecular complexity index is 2030. The lowest BCUT2D eigenvalue weighted by Gasteiger charge is -2.21. The SMILES string of the molecule is Cc1c(C(=O)Nc2ccc(Oc3ccnc4cc(OCC5COC6(CCCO6)C5)ccc34)c(F)c2)c(=O)n(-c2ccc(F)cc2)n1C. The van der Waals surface area contributed by atoms with Crippen LogP contribution in [-0.2, 0) is 16.5 Å². The van der Waals surface area contributed by atoms with E-state index in [-0.39, 0.29) is 22.9 Å². The van der Waals surface area contributed by atoms with Crippen LogP contribution in [0.1, 0.15) is 35.3 Å². The number of pyridine rings is 1. The molecule has 1 spiro atoms. The van der Waals surface area contributed by atoms with Crippen LogP contribution >= 0.6 is 0 Å². The summed E-state index contributed by atoms with van der Waals surface area (Å²) < 4.78 is 55.2. The Morgan fingerprint density at radius 1 is 1.06 bits per heavy atom. The first-order valence-corrected chi connectivity index (χ1v) is 15.3. The average molecular weight is 643 g/mol. The number of carbonyl (C=O) groups excluding carboxylic acids is 1. The zero-order valence-corrected chi connectivity index (χ0v) is 25.8. The number of aromatic nitrogens is 3. The van der Waals surface area contributed by atoms with Gasteiger partial charge in [0.25, 0.3) is 11.5 Å². The van der Waals surface area contributed by atoms with Gasteiger partial charge in [0, 0.05) is 55.2 Å². The highest BCUT2D eigenvalue weighted by atomic mass is 19.1. The summed E-state index contributed by atoms with van der Waals surface area (Å²) in [6.07, 6.45) is 4.31. The van der Waals surface area contributed by atoms with E-state index in [4.69, 9.17) is 18.9 Å². The highest BCUT2D eigenvalue weighted by molar-refractivity contribution is 6.05. The van der Waals surface area contributed by atoms with Gasteiger partial charge in [-0.1, -0.05) is 0 Å². The van der Waals surface area contributed by atoms with E-state index in [1.54, 1.807) is 26.2 Å². The molecule has 1 amide bonds. The summed E-state index contributed by atoms with van der Waals surface area (Å²) in [5.74, 6) is -1.10. The number of halogens is 2. The topological polar surface area (TPSA) is 106 Å². The number of nitrogens with one attached hydrogen (secondary N) is 1. The minimum Gasteiger partial charge on any atom is -0.493 e. The van der Waals surface area contributed by atoms with Crippen LogP contribution in [-0.4, -0.2) is 45.9 Å². The van der Waals surface area contributed by atoms with Crippen molar-refractivity contribution < 1.29 is 32.5 Å². The highest BCUT2D eigenvalue weighted by Crippen LogP contribution is 2.39. The van der Waals surface area contributed by atoms with Gasteiger partial charge in [-0.2, -0.15) is 0 Å². The average Bonchev–Trinajstić information content (AvgIpc) is 3.76. The molecule has 10 nitrogen and oxygen atoms in total. The van der Waals surface area contributed by atoms with E-state index in [9.17, 15) is 14.0 Å². The van der Waals surface area contributed by atoms with Gasteiger partial charge in [0.05, 0.1) is 36.7 Å². The third-order valence-corrected chi connectivity index (χ3v) is 8.67. The molecule has 2 saturated heterocycles. The number of carbonyl (C=O) groups is 1. The van der Waals surface area contributed by atoms with Crippen molar-refractivity contribution in [3.05, 3.63) is 106 Å². The Kier molecular flexibility index (Phi) is 7.98. The summed E-state index contributed by atoms with van der Waals surface area (Å²) >= 11 is 0. The van der Waals surface area contributed by atoms with Crippen molar-refractivity contribution >= 4 is 22.5 Å². The maximum atomic E-state index is 15.3. The van der Waals surface area contributed by atoms with Crippen molar-refractivity contribution in [2.24, 2.45) is 13.0 Å². The number of ether oxygens (including phenoxy) is 4. The third kappa shape index (κ3) is 5.97. The number of anilines is 1. The molecule has 2 aliphatic rings. The molecule has 0 bridgehead atoms. The maximum Gasteiger partial charge on any atom is 0.284 e. The van der Waals surface area contributed by atoms with Crippen molar-refractivity contribution in [3.63, 3.8) is 0 Å². The predicted octanol–water partition coefficient (Wildman–Crippen LogP) is 6.28. The number of rotatable bonds is 8. The van der Waals surface area contributed by atoms with Crippen molar-refractivity contribution in [3.8, 4) is 22.9 Å². The van der Waals surface area contributed by atoms with Crippen molar-refractivity contribution in [2.75, 3.05) is 25.1 Å². The molecule has 2 fully saturated rings. The Hall–Kier alpha value is -5.07. The molecule has 1 N–H and O–H groups in total. The molecule has 0 saturated carbocycles. The van der Waals surface area contributed by atoms with Gasteiger partial charge in [-0.05, 0) is 67.9 Å². The van der Waals surface area contributed by atoms with Crippen molar-refractivity contribution in [1.29, 1.82) is 0 Å². The maximum absolute atomic E-state index is 15.3. The summed E-state index contributed by atoms with van der Waals surface area (Å²) in [7, 11) is 1.62.